The highest BCUT2D eigenvalue weighted by molar-refractivity contribution is 5.93. The molecular weight excluding hydrogens is 356 g/mol. The van der Waals surface area contributed by atoms with Gasteiger partial charge in [-0.1, -0.05) is 91.8 Å². The van der Waals surface area contributed by atoms with Gasteiger partial charge < -0.3 is 10.7 Å². The van der Waals surface area contributed by atoms with E-state index in [-0.39, 0.29) is 16.7 Å². The predicted molar refractivity (Wildman–Crippen MR) is 122 cm³/mol. The molecule has 158 valence electrons. The van der Waals surface area contributed by atoms with Crippen LogP contribution in [0, 0.1) is 5.92 Å². The number of primary amides is 1. The third-order valence-corrected chi connectivity index (χ3v) is 6.36. The molecule has 1 saturated carbocycles. The summed E-state index contributed by atoms with van der Waals surface area (Å²) >= 11 is 0. The van der Waals surface area contributed by atoms with Gasteiger partial charge in [-0.2, -0.15) is 0 Å². The molecule has 0 aliphatic heterocycles. The molecular formula is C26H38N2O. The highest BCUT2D eigenvalue weighted by atomic mass is 16.1. The third-order valence-electron chi connectivity index (χ3n) is 6.36. The van der Waals surface area contributed by atoms with Crippen LogP contribution < -0.4 is 5.73 Å². The molecule has 3 rings (SSSR count). The number of amides is 1. The van der Waals surface area contributed by atoms with Gasteiger partial charge >= 0.3 is 0 Å². The molecule has 0 spiro atoms. The van der Waals surface area contributed by atoms with Crippen molar-refractivity contribution in [3.8, 4) is 11.1 Å². The molecule has 0 saturated heterocycles. The van der Waals surface area contributed by atoms with Gasteiger partial charge in [0, 0.05) is 11.3 Å². The molecule has 1 fully saturated rings. The average Bonchev–Trinajstić information content (AvgIpc) is 3.05. The van der Waals surface area contributed by atoms with Gasteiger partial charge in [-0.3, -0.25) is 4.79 Å². The number of hydrogen-bond donors (Lipinski definition) is 2. The quantitative estimate of drug-likeness (QED) is 0.611. The highest BCUT2D eigenvalue weighted by Crippen LogP contribution is 2.37. The average molecular weight is 395 g/mol. The number of nitrogens with one attached hydrogen (secondary N) is 1. The summed E-state index contributed by atoms with van der Waals surface area (Å²) in [4.78, 5) is 15.3. The Morgan fingerprint density at radius 3 is 1.97 bits per heavy atom. The Morgan fingerprint density at radius 1 is 0.931 bits per heavy atom. The Hall–Kier alpha value is -2.03. The fourth-order valence-electron chi connectivity index (χ4n) is 4.38. The molecule has 1 aliphatic carbocycles. The fraction of sp³-hybridized carbons (Fsp3) is 0.577. The van der Waals surface area contributed by atoms with Crippen molar-refractivity contribution in [3.05, 3.63) is 46.8 Å². The maximum atomic E-state index is 11.9. The van der Waals surface area contributed by atoms with Crippen molar-refractivity contribution in [1.29, 1.82) is 0 Å². The second kappa shape index (κ2) is 8.01. The Balaban J connectivity index is 2.11. The van der Waals surface area contributed by atoms with E-state index in [0.29, 0.717) is 11.6 Å². The van der Waals surface area contributed by atoms with Crippen LogP contribution in [0.15, 0.2) is 24.3 Å². The minimum Gasteiger partial charge on any atom is -0.364 e. The van der Waals surface area contributed by atoms with E-state index in [0.717, 1.165) is 17.7 Å². The van der Waals surface area contributed by atoms with E-state index in [4.69, 9.17) is 5.73 Å². The van der Waals surface area contributed by atoms with Crippen LogP contribution in [0.25, 0.3) is 11.1 Å². The molecule has 0 unspecified atom stereocenters. The molecule has 1 aliphatic rings. The van der Waals surface area contributed by atoms with Crippen LogP contribution in [0.1, 0.15) is 101 Å². The van der Waals surface area contributed by atoms with Gasteiger partial charge in [0.1, 0.15) is 5.69 Å². The number of H-pyrrole nitrogens is 1. The number of aromatic amines is 1. The molecule has 1 amide bonds. The predicted octanol–water partition coefficient (Wildman–Crippen LogP) is 6.50. The lowest BCUT2D eigenvalue weighted by Gasteiger charge is -2.26. The van der Waals surface area contributed by atoms with Crippen molar-refractivity contribution < 1.29 is 4.79 Å². The first-order valence-electron chi connectivity index (χ1n) is 11.1. The lowest BCUT2D eigenvalue weighted by Crippen LogP contribution is -2.16. The van der Waals surface area contributed by atoms with E-state index >= 15 is 0 Å². The maximum Gasteiger partial charge on any atom is 0.265 e. The van der Waals surface area contributed by atoms with Crippen LogP contribution in [0.3, 0.4) is 0 Å². The summed E-state index contributed by atoms with van der Waals surface area (Å²) in [7, 11) is 0. The van der Waals surface area contributed by atoms with Crippen molar-refractivity contribution in [1.82, 2.24) is 4.98 Å². The van der Waals surface area contributed by atoms with E-state index in [1.807, 2.05) is 6.07 Å². The SMILES string of the molecule is CC(C)(C)c1cc(-c2cc(C(N)=O)[nH]c2CC2CCCCC2)cc(C(C)(C)C)c1. The third kappa shape index (κ3) is 5.12. The number of carbonyl (C=O) groups is 1. The smallest absolute Gasteiger partial charge is 0.265 e. The van der Waals surface area contributed by atoms with E-state index in [9.17, 15) is 4.79 Å². The number of benzene rings is 1. The summed E-state index contributed by atoms with van der Waals surface area (Å²) in [6.45, 7) is 13.5. The molecule has 3 heteroatoms. The van der Waals surface area contributed by atoms with E-state index in [1.165, 1.54) is 48.8 Å². The molecule has 1 aromatic carbocycles. The van der Waals surface area contributed by atoms with Crippen LogP contribution >= 0.6 is 0 Å². The zero-order valence-electron chi connectivity index (χ0n) is 19.1. The molecule has 1 heterocycles. The number of hydrogen-bond acceptors (Lipinski definition) is 1. The van der Waals surface area contributed by atoms with Crippen LogP contribution in [0.5, 0.6) is 0 Å². The van der Waals surface area contributed by atoms with Crippen LogP contribution in [-0.4, -0.2) is 10.9 Å². The van der Waals surface area contributed by atoms with Gasteiger partial charge in [-0.25, -0.2) is 0 Å². The summed E-state index contributed by atoms with van der Waals surface area (Å²) in [5.41, 5.74) is 12.4. The van der Waals surface area contributed by atoms with Crippen LogP contribution in [0.4, 0.5) is 0 Å². The topological polar surface area (TPSA) is 58.9 Å². The Kier molecular flexibility index (Phi) is 5.98. The molecule has 29 heavy (non-hydrogen) atoms. The first-order chi connectivity index (χ1) is 13.4. The Morgan fingerprint density at radius 2 is 1.48 bits per heavy atom. The van der Waals surface area contributed by atoms with Crippen LogP contribution in [-0.2, 0) is 17.3 Å². The number of rotatable bonds is 4. The molecule has 1 aromatic heterocycles. The van der Waals surface area contributed by atoms with Crippen LogP contribution in [0.2, 0.25) is 0 Å². The minimum atomic E-state index is -0.385. The van der Waals surface area contributed by atoms with Crippen molar-refractivity contribution in [3.63, 3.8) is 0 Å². The van der Waals surface area contributed by atoms with Gasteiger partial charge in [-0.15, -0.1) is 0 Å². The zero-order chi connectivity index (χ0) is 21.4. The molecule has 3 N–H and O–H groups in total. The summed E-state index contributed by atoms with van der Waals surface area (Å²) in [5.74, 6) is 0.305. The normalized spacial score (nSPS) is 16.2. The fourth-order valence-corrected chi connectivity index (χ4v) is 4.38. The lowest BCUT2D eigenvalue weighted by molar-refractivity contribution is 0.0996. The van der Waals surface area contributed by atoms with Gasteiger partial charge in [0.05, 0.1) is 0 Å². The summed E-state index contributed by atoms with van der Waals surface area (Å²) < 4.78 is 0. The van der Waals surface area contributed by atoms with Crippen molar-refractivity contribution in [2.75, 3.05) is 0 Å². The Bertz CT molecular complexity index is 839. The first-order valence-corrected chi connectivity index (χ1v) is 11.1. The van der Waals surface area contributed by atoms with Crippen molar-refractivity contribution in [2.24, 2.45) is 11.7 Å². The van der Waals surface area contributed by atoms with E-state index in [2.05, 4.69) is 64.7 Å². The maximum absolute atomic E-state index is 11.9. The molecule has 2 aromatic rings. The summed E-state index contributed by atoms with van der Waals surface area (Å²) in [5, 5.41) is 0. The second-order valence-electron chi connectivity index (χ2n) is 10.9. The first kappa shape index (κ1) is 21.7. The number of nitrogens with two attached hydrogens (primary N) is 1. The van der Waals surface area contributed by atoms with Gasteiger partial charge in [0.15, 0.2) is 0 Å². The largest absolute Gasteiger partial charge is 0.364 e. The lowest BCUT2D eigenvalue weighted by atomic mass is 9.78. The standard InChI is InChI=1S/C26H38N2O/c1-25(2,3)19-13-18(14-20(15-19)26(4,5)6)21-16-23(24(27)29)28-22(21)12-17-10-8-7-9-11-17/h13-17,28H,7-12H2,1-6H3,(H2,27,29). The molecule has 0 bridgehead atoms. The minimum absolute atomic E-state index is 0.0579. The van der Waals surface area contributed by atoms with Crippen molar-refractivity contribution in [2.45, 2.75) is 90.9 Å². The van der Waals surface area contributed by atoms with E-state index in [1.54, 1.807) is 0 Å². The van der Waals surface area contributed by atoms with Gasteiger partial charge in [0.25, 0.3) is 5.91 Å². The highest BCUT2D eigenvalue weighted by Gasteiger charge is 2.24. The summed E-state index contributed by atoms with van der Waals surface area (Å²) in [6.07, 6.45) is 7.53. The molecule has 3 nitrogen and oxygen atoms in total. The van der Waals surface area contributed by atoms with Gasteiger partial charge in [0.2, 0.25) is 0 Å². The number of carbonyl (C=O) groups excluding carboxylic acids is 1. The van der Waals surface area contributed by atoms with Gasteiger partial charge in [-0.05, 0) is 45.9 Å². The zero-order valence-corrected chi connectivity index (χ0v) is 19.1. The monoisotopic (exact) mass is 394 g/mol. The van der Waals surface area contributed by atoms with Crippen molar-refractivity contribution >= 4 is 5.91 Å². The second-order valence-corrected chi connectivity index (χ2v) is 10.9. The molecule has 0 radical (unpaired) electrons. The number of aromatic nitrogens is 1. The Labute approximate surface area is 176 Å². The molecule has 0 atom stereocenters. The summed E-state index contributed by atoms with van der Waals surface area (Å²) in [6, 6.07) is 8.90. The van der Waals surface area contributed by atoms with E-state index < -0.39 is 0 Å².